The molecule has 0 spiro atoms. The summed E-state index contributed by atoms with van der Waals surface area (Å²) in [6, 6.07) is 16.4. The SMILES string of the molecule is N#CCCNS(=O)(=O)c1ccc(C(=O)Nc2ccnc(Sc3ccccn3)c2)cc1. The van der Waals surface area contributed by atoms with Gasteiger partial charge in [-0.2, -0.15) is 5.26 Å². The van der Waals surface area contributed by atoms with Gasteiger partial charge in [0.15, 0.2) is 0 Å². The topological polar surface area (TPSA) is 125 Å². The highest BCUT2D eigenvalue weighted by molar-refractivity contribution is 7.99. The van der Waals surface area contributed by atoms with Crippen LogP contribution in [0.1, 0.15) is 16.8 Å². The Hall–Kier alpha value is -3.26. The lowest BCUT2D eigenvalue weighted by molar-refractivity contribution is 0.102. The van der Waals surface area contributed by atoms with Gasteiger partial charge in [0.2, 0.25) is 10.0 Å². The molecule has 0 fully saturated rings. The van der Waals surface area contributed by atoms with Gasteiger partial charge in [-0.1, -0.05) is 17.8 Å². The maximum absolute atomic E-state index is 12.5. The molecule has 0 bridgehead atoms. The van der Waals surface area contributed by atoms with Crippen molar-refractivity contribution < 1.29 is 13.2 Å². The number of nitriles is 1. The number of nitrogens with one attached hydrogen (secondary N) is 2. The van der Waals surface area contributed by atoms with E-state index in [0.717, 1.165) is 5.03 Å². The summed E-state index contributed by atoms with van der Waals surface area (Å²) in [5.74, 6) is -0.378. The number of hydrogen-bond acceptors (Lipinski definition) is 7. The van der Waals surface area contributed by atoms with Crippen molar-refractivity contribution in [3.8, 4) is 6.07 Å². The lowest BCUT2D eigenvalue weighted by Crippen LogP contribution is -2.24. The summed E-state index contributed by atoms with van der Waals surface area (Å²) in [6.07, 6.45) is 3.35. The first kappa shape index (κ1) is 21.4. The number of nitrogens with zero attached hydrogens (tertiary/aromatic N) is 3. The molecule has 30 heavy (non-hydrogen) atoms. The number of benzene rings is 1. The van der Waals surface area contributed by atoms with Gasteiger partial charge < -0.3 is 5.32 Å². The molecule has 8 nitrogen and oxygen atoms in total. The molecule has 10 heteroatoms. The van der Waals surface area contributed by atoms with E-state index in [1.165, 1.54) is 36.0 Å². The van der Waals surface area contributed by atoms with E-state index in [-0.39, 0.29) is 23.8 Å². The quantitative estimate of drug-likeness (QED) is 0.517. The van der Waals surface area contributed by atoms with Crippen LogP contribution in [0.2, 0.25) is 0 Å². The first-order valence-electron chi connectivity index (χ1n) is 8.81. The van der Waals surface area contributed by atoms with Gasteiger partial charge in [0.1, 0.15) is 10.1 Å². The molecule has 0 saturated carbocycles. The third kappa shape index (κ3) is 5.87. The first-order valence-corrected chi connectivity index (χ1v) is 11.1. The zero-order chi connectivity index (χ0) is 21.4. The Balaban J connectivity index is 1.66. The molecule has 2 heterocycles. The Morgan fingerprint density at radius 3 is 2.50 bits per heavy atom. The predicted molar refractivity (Wildman–Crippen MR) is 112 cm³/mol. The van der Waals surface area contributed by atoms with E-state index in [1.807, 2.05) is 24.3 Å². The van der Waals surface area contributed by atoms with Crippen molar-refractivity contribution >= 4 is 33.4 Å². The van der Waals surface area contributed by atoms with Crippen molar-refractivity contribution in [2.45, 2.75) is 21.4 Å². The van der Waals surface area contributed by atoms with Crippen molar-refractivity contribution in [1.82, 2.24) is 14.7 Å². The van der Waals surface area contributed by atoms with Crippen LogP contribution in [0.15, 0.2) is 81.9 Å². The molecule has 152 valence electrons. The molecule has 2 N–H and O–H groups in total. The van der Waals surface area contributed by atoms with Crippen LogP contribution in [-0.2, 0) is 10.0 Å². The second-order valence-electron chi connectivity index (χ2n) is 5.94. The van der Waals surface area contributed by atoms with Crippen LogP contribution >= 0.6 is 11.8 Å². The molecule has 0 atom stereocenters. The highest BCUT2D eigenvalue weighted by Gasteiger charge is 2.14. The average Bonchev–Trinajstić information content (AvgIpc) is 2.75. The van der Waals surface area contributed by atoms with Gasteiger partial charge in [0.25, 0.3) is 5.91 Å². The number of sulfonamides is 1. The lowest BCUT2D eigenvalue weighted by Gasteiger charge is -2.08. The van der Waals surface area contributed by atoms with E-state index in [2.05, 4.69) is 20.0 Å². The molecule has 0 radical (unpaired) electrons. The predicted octanol–water partition coefficient (Wildman–Crippen LogP) is 3.07. The molecule has 1 amide bonds. The monoisotopic (exact) mass is 439 g/mol. The highest BCUT2D eigenvalue weighted by atomic mass is 32.2. The Morgan fingerprint density at radius 1 is 1.03 bits per heavy atom. The van der Waals surface area contributed by atoms with Gasteiger partial charge in [-0.15, -0.1) is 0 Å². The van der Waals surface area contributed by atoms with Gasteiger partial charge in [-0.25, -0.2) is 23.1 Å². The summed E-state index contributed by atoms with van der Waals surface area (Å²) in [7, 11) is -3.72. The third-order valence-electron chi connectivity index (χ3n) is 3.80. The van der Waals surface area contributed by atoms with E-state index in [1.54, 1.807) is 24.5 Å². The smallest absolute Gasteiger partial charge is 0.255 e. The van der Waals surface area contributed by atoms with Crippen LogP contribution in [0.3, 0.4) is 0 Å². The molecule has 2 aromatic heterocycles. The number of pyridine rings is 2. The fraction of sp³-hybridized carbons (Fsp3) is 0.100. The number of anilines is 1. The normalized spacial score (nSPS) is 10.9. The molecule has 0 unspecified atom stereocenters. The Labute approximate surface area is 178 Å². The fourth-order valence-electron chi connectivity index (χ4n) is 2.37. The number of rotatable bonds is 8. The van der Waals surface area contributed by atoms with Crippen LogP contribution in [0.25, 0.3) is 0 Å². The second-order valence-corrected chi connectivity index (χ2v) is 8.74. The van der Waals surface area contributed by atoms with Gasteiger partial charge in [-0.3, -0.25) is 4.79 Å². The van der Waals surface area contributed by atoms with Gasteiger partial charge in [-0.05, 0) is 48.5 Å². The molecule has 0 aliphatic heterocycles. The molecular weight excluding hydrogens is 422 g/mol. The summed E-state index contributed by atoms with van der Waals surface area (Å²) in [4.78, 5) is 21.0. The standard InChI is InChI=1S/C20H17N5O3S2/c21-10-3-12-24-30(27,28)17-7-5-15(6-8-17)20(26)25-16-9-13-23-19(14-16)29-18-4-1-2-11-22-18/h1-2,4-9,11,13-14,24H,3,12H2,(H,23,25,26). The Bertz CT molecular complexity index is 1160. The van der Waals surface area contributed by atoms with Crippen molar-refractivity contribution in [3.05, 3.63) is 72.6 Å². The number of aromatic nitrogens is 2. The molecule has 1 aromatic carbocycles. The van der Waals surface area contributed by atoms with Crippen LogP contribution in [0.4, 0.5) is 5.69 Å². The largest absolute Gasteiger partial charge is 0.322 e. The summed E-state index contributed by atoms with van der Waals surface area (Å²) >= 11 is 1.37. The maximum atomic E-state index is 12.5. The second kappa shape index (κ2) is 9.98. The summed E-state index contributed by atoms with van der Waals surface area (Å²) in [6.45, 7) is 0.0297. The fourth-order valence-corrected chi connectivity index (χ4v) is 4.18. The van der Waals surface area contributed by atoms with E-state index >= 15 is 0 Å². The van der Waals surface area contributed by atoms with Crippen LogP contribution < -0.4 is 10.0 Å². The van der Waals surface area contributed by atoms with Crippen LogP contribution in [-0.4, -0.2) is 30.8 Å². The minimum Gasteiger partial charge on any atom is -0.322 e. The summed E-state index contributed by atoms with van der Waals surface area (Å²) in [5.41, 5.74) is 0.866. The van der Waals surface area contributed by atoms with Crippen molar-refractivity contribution in [3.63, 3.8) is 0 Å². The minimum absolute atomic E-state index is 0.0231. The van der Waals surface area contributed by atoms with E-state index in [4.69, 9.17) is 5.26 Å². The van der Waals surface area contributed by atoms with Gasteiger partial charge in [0, 0.05) is 36.6 Å². The third-order valence-corrected chi connectivity index (χ3v) is 6.16. The number of hydrogen-bond donors (Lipinski definition) is 2. The van der Waals surface area contributed by atoms with E-state index in [0.29, 0.717) is 16.3 Å². The lowest BCUT2D eigenvalue weighted by atomic mass is 10.2. The van der Waals surface area contributed by atoms with E-state index in [9.17, 15) is 13.2 Å². The van der Waals surface area contributed by atoms with E-state index < -0.39 is 10.0 Å². The molecule has 0 saturated heterocycles. The highest BCUT2D eigenvalue weighted by Crippen LogP contribution is 2.25. The van der Waals surface area contributed by atoms with Crippen molar-refractivity contribution in [2.24, 2.45) is 0 Å². The molecule has 0 aliphatic carbocycles. The molecule has 3 rings (SSSR count). The number of carbonyl (C=O) groups excluding carboxylic acids is 1. The molecular formula is C20H17N5O3S2. The maximum Gasteiger partial charge on any atom is 0.255 e. The van der Waals surface area contributed by atoms with Gasteiger partial charge in [0.05, 0.1) is 11.0 Å². The van der Waals surface area contributed by atoms with Crippen molar-refractivity contribution in [2.75, 3.05) is 11.9 Å². The minimum atomic E-state index is -3.72. The zero-order valence-corrected chi connectivity index (χ0v) is 17.3. The zero-order valence-electron chi connectivity index (χ0n) is 15.6. The molecule has 3 aromatic rings. The Kier molecular flexibility index (Phi) is 7.13. The number of amides is 1. The summed E-state index contributed by atoms with van der Waals surface area (Å²) in [5, 5.41) is 12.7. The van der Waals surface area contributed by atoms with Crippen LogP contribution in [0.5, 0.6) is 0 Å². The Morgan fingerprint density at radius 2 is 1.80 bits per heavy atom. The molecule has 0 aliphatic rings. The first-order chi connectivity index (χ1) is 14.5. The van der Waals surface area contributed by atoms with Gasteiger partial charge >= 0.3 is 0 Å². The van der Waals surface area contributed by atoms with Crippen LogP contribution in [0, 0.1) is 11.3 Å². The summed E-state index contributed by atoms with van der Waals surface area (Å²) < 4.78 is 26.6. The average molecular weight is 440 g/mol. The van der Waals surface area contributed by atoms with Crippen molar-refractivity contribution in [1.29, 1.82) is 5.26 Å². The number of carbonyl (C=O) groups is 1.